The topological polar surface area (TPSA) is 190 Å². The molecule has 0 aromatic heterocycles. The number of carbonyl (C=O) groups excluding carboxylic acids is 4. The van der Waals surface area contributed by atoms with Crippen LogP contribution in [0.1, 0.15) is 75.2 Å². The molecule has 0 unspecified atom stereocenters. The average Bonchev–Trinajstić information content (AvgIpc) is 3.55. The number of urea groups is 1. The number of esters is 1. The van der Waals surface area contributed by atoms with E-state index in [9.17, 15) is 27.6 Å². The summed E-state index contributed by atoms with van der Waals surface area (Å²) >= 11 is 0. The fourth-order valence-electron chi connectivity index (χ4n) is 6.36. The highest BCUT2D eigenvalue weighted by Gasteiger charge is 2.42. The zero-order chi connectivity index (χ0) is 37.2. The average molecular weight is 719 g/mol. The molecule has 2 heterocycles. The first-order valence-corrected chi connectivity index (χ1v) is 17.9. The van der Waals surface area contributed by atoms with Gasteiger partial charge in [-0.2, -0.15) is 5.01 Å². The number of hydrogen-bond acceptors (Lipinski definition) is 9. The lowest BCUT2D eigenvalue weighted by molar-refractivity contribution is -0.143. The number of nitrogens with one attached hydrogen (secondary N) is 2. The van der Waals surface area contributed by atoms with Crippen LogP contribution in [-0.2, 0) is 32.5 Å². The summed E-state index contributed by atoms with van der Waals surface area (Å²) in [6.45, 7) is 9.02. The number of hydrazine groups is 1. The van der Waals surface area contributed by atoms with Crippen molar-refractivity contribution >= 4 is 39.8 Å². The molecule has 5 rings (SSSR count). The first kappa shape index (κ1) is 36.8. The molecule has 15 heteroatoms. The first-order valence-electron chi connectivity index (χ1n) is 16.4. The molecule has 3 aromatic rings. The van der Waals surface area contributed by atoms with Crippen molar-refractivity contribution in [2.24, 2.45) is 10.7 Å². The van der Waals surface area contributed by atoms with Crippen molar-refractivity contribution in [1.29, 1.82) is 0 Å². The number of fused-ring (bicyclic) bond motifs is 2. The van der Waals surface area contributed by atoms with Crippen molar-refractivity contribution in [3.05, 3.63) is 93.5 Å². The number of nitrogens with two attached hydrogens (primary N) is 1. The number of aliphatic imine (C=N–C) groups is 1. The van der Waals surface area contributed by atoms with Crippen LogP contribution in [0.15, 0.2) is 64.5 Å². The Morgan fingerprint density at radius 1 is 1.00 bits per heavy atom. The summed E-state index contributed by atoms with van der Waals surface area (Å²) < 4.78 is 40.4. The van der Waals surface area contributed by atoms with Crippen molar-refractivity contribution in [2.45, 2.75) is 77.0 Å². The van der Waals surface area contributed by atoms with Crippen LogP contribution in [0, 0.1) is 20.8 Å². The minimum atomic E-state index is -4.12. The van der Waals surface area contributed by atoms with Crippen molar-refractivity contribution in [1.82, 2.24) is 20.1 Å². The van der Waals surface area contributed by atoms with Crippen LogP contribution in [0.3, 0.4) is 0 Å². The zero-order valence-electron chi connectivity index (χ0n) is 29.4. The number of sulfonamides is 1. The van der Waals surface area contributed by atoms with Crippen molar-refractivity contribution in [3.8, 4) is 5.75 Å². The highest BCUT2D eigenvalue weighted by atomic mass is 32.2. The Morgan fingerprint density at radius 2 is 1.61 bits per heavy atom. The Hall–Kier alpha value is -5.44. The summed E-state index contributed by atoms with van der Waals surface area (Å²) in [5.74, 6) is -1.77. The fourth-order valence-corrected chi connectivity index (χ4v) is 7.89. The monoisotopic (exact) mass is 718 g/mol. The van der Waals surface area contributed by atoms with Crippen molar-refractivity contribution < 1.29 is 37.1 Å². The maximum Gasteiger partial charge on any atom is 0.337 e. The Morgan fingerprint density at radius 3 is 2.22 bits per heavy atom. The lowest BCUT2D eigenvalue weighted by atomic mass is 9.94. The predicted octanol–water partition coefficient (Wildman–Crippen LogP) is 3.66. The lowest BCUT2D eigenvalue weighted by Gasteiger charge is -2.31. The Balaban J connectivity index is 1.28. The minimum Gasteiger partial charge on any atom is -0.487 e. The van der Waals surface area contributed by atoms with Crippen LogP contribution >= 0.6 is 0 Å². The van der Waals surface area contributed by atoms with E-state index in [1.807, 2.05) is 20.8 Å². The molecule has 4 N–H and O–H groups in total. The third-order valence-corrected chi connectivity index (χ3v) is 10.6. The number of carbonyl (C=O) groups is 4. The van der Waals surface area contributed by atoms with Gasteiger partial charge in [-0.3, -0.25) is 14.6 Å². The van der Waals surface area contributed by atoms with Gasteiger partial charge in [-0.1, -0.05) is 42.5 Å². The molecule has 0 saturated heterocycles. The standard InChI is InChI=1S/C36H42N6O8S/c1-21-22(2)30(23(3)27-19-36(4,5)50-29(21)27)51(47,48)40-34(37)38-18-12-17-28(33(45)49-6)39-35(46)41(20-24-13-8-7-9-14-24)42-31(43)25-15-10-11-16-26(25)32(42)44/h7-11,13-16,28H,12,17-20H2,1-6H3,(H,39,46)(H3,37,38,40)/t28-/m0/s1. The Kier molecular flexibility index (Phi) is 10.4. The Labute approximate surface area is 297 Å². The van der Waals surface area contributed by atoms with E-state index in [-0.39, 0.29) is 47.9 Å². The second-order valence-electron chi connectivity index (χ2n) is 13.1. The van der Waals surface area contributed by atoms with Gasteiger partial charge in [-0.15, -0.1) is 0 Å². The predicted molar refractivity (Wildman–Crippen MR) is 188 cm³/mol. The van der Waals surface area contributed by atoms with E-state index in [1.165, 1.54) is 12.1 Å². The maximum absolute atomic E-state index is 13.8. The van der Waals surface area contributed by atoms with E-state index in [0.29, 0.717) is 28.9 Å². The van der Waals surface area contributed by atoms with Crippen LogP contribution in [-0.4, -0.2) is 73.5 Å². The molecule has 0 aliphatic carbocycles. The summed E-state index contributed by atoms with van der Waals surface area (Å²) in [5.41, 5.74) is 9.18. The highest BCUT2D eigenvalue weighted by molar-refractivity contribution is 7.90. The van der Waals surface area contributed by atoms with Gasteiger partial charge in [0.2, 0.25) is 5.96 Å². The van der Waals surface area contributed by atoms with Crippen LogP contribution in [0.2, 0.25) is 0 Å². The molecule has 0 spiro atoms. The third kappa shape index (κ3) is 7.53. The smallest absolute Gasteiger partial charge is 0.337 e. The summed E-state index contributed by atoms with van der Waals surface area (Å²) in [5, 5.41) is 4.31. The molecule has 51 heavy (non-hydrogen) atoms. The molecule has 1 atom stereocenters. The third-order valence-electron chi connectivity index (χ3n) is 8.94. The number of methoxy groups -OCH3 is 1. The molecule has 2 aliphatic heterocycles. The minimum absolute atomic E-state index is 0.00688. The van der Waals surface area contributed by atoms with Crippen LogP contribution in [0.25, 0.3) is 0 Å². The SMILES string of the molecule is COC(=O)[C@H](CCCN=C(N)NS(=O)(=O)c1c(C)c(C)c2c(c1C)CC(C)(C)O2)NC(=O)N(Cc1ccccc1)N1C(=O)c2ccccc2C1=O. The van der Waals surface area contributed by atoms with Gasteiger partial charge in [0, 0.05) is 18.5 Å². The fraction of sp³-hybridized carbons (Fsp3) is 0.361. The molecule has 2 aliphatic rings. The van der Waals surface area contributed by atoms with Crippen LogP contribution < -0.4 is 20.5 Å². The van der Waals surface area contributed by atoms with Crippen LogP contribution in [0.4, 0.5) is 4.79 Å². The molecular weight excluding hydrogens is 676 g/mol. The highest BCUT2D eigenvalue weighted by Crippen LogP contribution is 2.43. The molecule has 270 valence electrons. The van der Waals surface area contributed by atoms with Crippen molar-refractivity contribution in [3.63, 3.8) is 0 Å². The number of guanidine groups is 1. The van der Waals surface area contributed by atoms with Gasteiger partial charge in [0.25, 0.3) is 21.8 Å². The van der Waals surface area contributed by atoms with Crippen molar-refractivity contribution in [2.75, 3.05) is 13.7 Å². The van der Waals surface area contributed by atoms with E-state index in [4.69, 9.17) is 15.2 Å². The second kappa shape index (κ2) is 14.4. The summed E-state index contributed by atoms with van der Waals surface area (Å²) in [6, 6.07) is 12.9. The number of imide groups is 1. The molecule has 14 nitrogen and oxygen atoms in total. The number of benzene rings is 3. The van der Waals surface area contributed by atoms with Crippen LogP contribution in [0.5, 0.6) is 5.75 Å². The number of hydrogen-bond donors (Lipinski definition) is 3. The second-order valence-corrected chi connectivity index (χ2v) is 14.7. The number of ether oxygens (including phenoxy) is 2. The molecule has 4 amide bonds. The molecule has 0 saturated carbocycles. The zero-order valence-corrected chi connectivity index (χ0v) is 30.2. The van der Waals surface area contributed by atoms with E-state index < -0.39 is 45.5 Å². The summed E-state index contributed by atoms with van der Waals surface area (Å²) in [6.07, 6.45) is 0.749. The van der Waals surface area contributed by atoms with Gasteiger partial charge >= 0.3 is 12.0 Å². The number of rotatable bonds is 11. The van der Waals surface area contributed by atoms with E-state index in [1.54, 1.807) is 56.3 Å². The van der Waals surface area contributed by atoms with Gasteiger partial charge in [-0.25, -0.2) is 27.7 Å². The van der Waals surface area contributed by atoms with E-state index >= 15 is 0 Å². The largest absolute Gasteiger partial charge is 0.487 e. The van der Waals surface area contributed by atoms with Gasteiger partial charge in [0.15, 0.2) is 0 Å². The van der Waals surface area contributed by atoms with E-state index in [0.717, 1.165) is 28.3 Å². The molecule has 0 radical (unpaired) electrons. The molecule has 3 aromatic carbocycles. The van der Waals surface area contributed by atoms with Gasteiger partial charge in [0.1, 0.15) is 17.4 Å². The summed E-state index contributed by atoms with van der Waals surface area (Å²) in [4.78, 5) is 57.4. The van der Waals surface area contributed by atoms with Gasteiger partial charge < -0.3 is 20.5 Å². The maximum atomic E-state index is 13.8. The number of nitrogens with zero attached hydrogens (tertiary/aromatic N) is 3. The number of amides is 4. The molecule has 0 bridgehead atoms. The van der Waals surface area contributed by atoms with Gasteiger partial charge in [-0.05, 0) is 81.8 Å². The molecule has 0 fully saturated rings. The summed E-state index contributed by atoms with van der Waals surface area (Å²) in [7, 11) is -2.96. The quantitative estimate of drug-likeness (QED) is 0.0874. The Bertz CT molecular complexity index is 2000. The lowest BCUT2D eigenvalue weighted by Crippen LogP contribution is -2.56. The van der Waals surface area contributed by atoms with E-state index in [2.05, 4.69) is 15.0 Å². The normalized spacial score (nSPS) is 15.5. The molecular formula is C36H42N6O8S. The first-order chi connectivity index (χ1) is 24.1. The van der Waals surface area contributed by atoms with Gasteiger partial charge in [0.05, 0.1) is 29.7 Å².